The van der Waals surface area contributed by atoms with Gasteiger partial charge in [-0.15, -0.1) is 0 Å². The van der Waals surface area contributed by atoms with E-state index in [2.05, 4.69) is 0 Å². The molecule has 0 saturated heterocycles. The van der Waals surface area contributed by atoms with E-state index < -0.39 is 6.10 Å². The van der Waals surface area contributed by atoms with Crippen LogP contribution >= 0.6 is 0 Å². The molecule has 0 amide bonds. The smallest absolute Gasteiger partial charge is 0.145 e. The fraction of sp³-hybridized carbons (Fsp3) is 0.833. The van der Waals surface area contributed by atoms with Gasteiger partial charge in [-0.2, -0.15) is 5.26 Å². The van der Waals surface area contributed by atoms with Crippen molar-refractivity contribution in [2.75, 3.05) is 0 Å². The third-order valence-corrected chi connectivity index (χ3v) is 1.82. The lowest BCUT2D eigenvalue weighted by atomic mass is 10.0. The minimum Gasteiger partial charge on any atom is -0.378 e. The van der Waals surface area contributed by atoms with Crippen molar-refractivity contribution in [2.24, 2.45) is 5.41 Å². The lowest BCUT2D eigenvalue weighted by Gasteiger charge is -2.06. The normalized spacial score (nSPS) is 26.1. The van der Waals surface area contributed by atoms with Gasteiger partial charge in [0, 0.05) is 5.41 Å². The zero-order valence-corrected chi connectivity index (χ0v) is 4.89. The molecule has 0 spiro atoms. The SMILES string of the molecule is CC1(C(O)C#N)CC1. The summed E-state index contributed by atoms with van der Waals surface area (Å²) in [5.74, 6) is 0. The average Bonchev–Trinajstić information content (AvgIpc) is 2.47. The van der Waals surface area contributed by atoms with Crippen LogP contribution in [-0.2, 0) is 0 Å². The van der Waals surface area contributed by atoms with E-state index in [0.717, 1.165) is 12.8 Å². The predicted molar refractivity (Wildman–Crippen MR) is 29.0 cm³/mol. The summed E-state index contributed by atoms with van der Waals surface area (Å²) in [6.45, 7) is 1.93. The standard InChI is InChI=1S/C6H9NO/c1-6(2-3-6)5(8)4-7/h5,8H,2-3H2,1H3. The van der Waals surface area contributed by atoms with Gasteiger partial charge in [-0.25, -0.2) is 0 Å². The summed E-state index contributed by atoms with van der Waals surface area (Å²) in [6, 6.07) is 1.82. The van der Waals surface area contributed by atoms with Gasteiger partial charge in [0.05, 0.1) is 6.07 Å². The molecule has 1 aliphatic rings. The highest BCUT2D eigenvalue weighted by atomic mass is 16.3. The minimum atomic E-state index is -0.734. The Balaban J connectivity index is 2.49. The summed E-state index contributed by atoms with van der Waals surface area (Å²) in [5, 5.41) is 17.1. The second kappa shape index (κ2) is 1.46. The summed E-state index contributed by atoms with van der Waals surface area (Å²) < 4.78 is 0. The highest BCUT2D eigenvalue weighted by Gasteiger charge is 2.44. The van der Waals surface area contributed by atoms with Gasteiger partial charge in [-0.1, -0.05) is 6.92 Å². The van der Waals surface area contributed by atoms with Crippen LogP contribution in [0.15, 0.2) is 0 Å². The molecule has 2 nitrogen and oxygen atoms in total. The highest BCUT2D eigenvalue weighted by Crippen LogP contribution is 2.47. The summed E-state index contributed by atoms with van der Waals surface area (Å²) in [5.41, 5.74) is -0.0469. The van der Waals surface area contributed by atoms with Gasteiger partial charge in [-0.3, -0.25) is 0 Å². The fourth-order valence-corrected chi connectivity index (χ4v) is 0.626. The first-order chi connectivity index (χ1) is 3.69. The molecule has 0 aromatic rings. The molecule has 0 aromatic carbocycles. The van der Waals surface area contributed by atoms with Crippen LogP contribution in [0.25, 0.3) is 0 Å². The Labute approximate surface area is 48.7 Å². The molecular weight excluding hydrogens is 102 g/mol. The fourth-order valence-electron chi connectivity index (χ4n) is 0.626. The second-order valence-corrected chi connectivity index (χ2v) is 2.69. The first-order valence-electron chi connectivity index (χ1n) is 2.77. The van der Waals surface area contributed by atoms with Crippen molar-refractivity contribution in [3.63, 3.8) is 0 Å². The molecule has 1 atom stereocenters. The molecule has 1 aliphatic carbocycles. The zero-order valence-electron chi connectivity index (χ0n) is 4.89. The average molecular weight is 111 g/mol. The topological polar surface area (TPSA) is 44.0 Å². The first-order valence-corrected chi connectivity index (χ1v) is 2.77. The molecule has 0 radical (unpaired) electrons. The van der Waals surface area contributed by atoms with Crippen molar-refractivity contribution in [3.05, 3.63) is 0 Å². The maximum Gasteiger partial charge on any atom is 0.145 e. The Morgan fingerprint density at radius 3 is 2.38 bits per heavy atom. The van der Waals surface area contributed by atoms with E-state index in [1.807, 2.05) is 13.0 Å². The van der Waals surface area contributed by atoms with Crippen LogP contribution in [0, 0.1) is 16.7 Å². The van der Waals surface area contributed by atoms with Gasteiger partial charge >= 0.3 is 0 Å². The van der Waals surface area contributed by atoms with Gasteiger partial charge in [0.1, 0.15) is 6.10 Å². The highest BCUT2D eigenvalue weighted by molar-refractivity contribution is 5.04. The Bertz CT molecular complexity index is 132. The number of rotatable bonds is 1. The Morgan fingerprint density at radius 1 is 1.75 bits per heavy atom. The van der Waals surface area contributed by atoms with Gasteiger partial charge in [0.15, 0.2) is 0 Å². The van der Waals surface area contributed by atoms with Crippen molar-refractivity contribution < 1.29 is 5.11 Å². The Hall–Kier alpha value is -0.550. The molecule has 1 rings (SSSR count). The van der Waals surface area contributed by atoms with Crippen molar-refractivity contribution >= 4 is 0 Å². The van der Waals surface area contributed by atoms with Crippen molar-refractivity contribution in [3.8, 4) is 6.07 Å². The van der Waals surface area contributed by atoms with Crippen molar-refractivity contribution in [1.29, 1.82) is 5.26 Å². The number of hydrogen-bond acceptors (Lipinski definition) is 2. The number of aliphatic hydroxyl groups excluding tert-OH is 1. The van der Waals surface area contributed by atoms with Crippen LogP contribution in [0.2, 0.25) is 0 Å². The van der Waals surface area contributed by atoms with Gasteiger partial charge in [0.2, 0.25) is 0 Å². The Kier molecular flexibility index (Phi) is 1.02. The lowest BCUT2D eigenvalue weighted by Crippen LogP contribution is -2.15. The quantitative estimate of drug-likeness (QED) is 0.505. The summed E-state index contributed by atoms with van der Waals surface area (Å²) in [4.78, 5) is 0. The number of aliphatic hydroxyl groups is 1. The predicted octanol–water partition coefficient (Wildman–Crippen LogP) is 0.671. The largest absolute Gasteiger partial charge is 0.378 e. The molecule has 0 aliphatic heterocycles. The maximum absolute atomic E-state index is 8.90. The van der Waals surface area contributed by atoms with Crippen molar-refractivity contribution in [2.45, 2.75) is 25.9 Å². The molecule has 8 heavy (non-hydrogen) atoms. The van der Waals surface area contributed by atoms with Crippen LogP contribution in [0.4, 0.5) is 0 Å². The molecule has 1 N–H and O–H groups in total. The van der Waals surface area contributed by atoms with E-state index in [1.165, 1.54) is 0 Å². The third-order valence-electron chi connectivity index (χ3n) is 1.82. The number of hydrogen-bond donors (Lipinski definition) is 1. The van der Waals surface area contributed by atoms with E-state index in [0.29, 0.717) is 0 Å². The van der Waals surface area contributed by atoms with Crippen LogP contribution < -0.4 is 0 Å². The van der Waals surface area contributed by atoms with Gasteiger partial charge in [0.25, 0.3) is 0 Å². The van der Waals surface area contributed by atoms with E-state index in [9.17, 15) is 0 Å². The Morgan fingerprint density at radius 2 is 2.25 bits per heavy atom. The third kappa shape index (κ3) is 0.696. The van der Waals surface area contributed by atoms with Crippen LogP contribution in [0.1, 0.15) is 19.8 Å². The maximum atomic E-state index is 8.90. The van der Waals surface area contributed by atoms with Crippen LogP contribution in [-0.4, -0.2) is 11.2 Å². The summed E-state index contributed by atoms with van der Waals surface area (Å²) in [6.07, 6.45) is 1.27. The van der Waals surface area contributed by atoms with Crippen LogP contribution in [0.5, 0.6) is 0 Å². The molecule has 0 heterocycles. The summed E-state index contributed by atoms with van der Waals surface area (Å²) >= 11 is 0. The van der Waals surface area contributed by atoms with E-state index in [4.69, 9.17) is 10.4 Å². The van der Waals surface area contributed by atoms with E-state index >= 15 is 0 Å². The second-order valence-electron chi connectivity index (χ2n) is 2.69. The molecule has 0 bridgehead atoms. The zero-order chi connectivity index (χ0) is 6.20. The molecule has 1 saturated carbocycles. The molecule has 2 heteroatoms. The molecule has 0 aromatic heterocycles. The molecule has 1 unspecified atom stereocenters. The minimum absolute atomic E-state index is 0.0469. The molecular formula is C6H9NO. The first kappa shape index (κ1) is 5.58. The molecule has 1 fully saturated rings. The van der Waals surface area contributed by atoms with E-state index in [-0.39, 0.29) is 5.41 Å². The lowest BCUT2D eigenvalue weighted by molar-refractivity contribution is 0.156. The van der Waals surface area contributed by atoms with Crippen LogP contribution in [0.3, 0.4) is 0 Å². The number of nitriles is 1. The van der Waals surface area contributed by atoms with Crippen molar-refractivity contribution in [1.82, 2.24) is 0 Å². The number of nitrogens with zero attached hydrogens (tertiary/aromatic N) is 1. The van der Waals surface area contributed by atoms with Gasteiger partial charge in [-0.05, 0) is 12.8 Å². The van der Waals surface area contributed by atoms with Gasteiger partial charge < -0.3 is 5.11 Å². The summed E-state index contributed by atoms with van der Waals surface area (Å²) in [7, 11) is 0. The molecule has 44 valence electrons. The monoisotopic (exact) mass is 111 g/mol. The van der Waals surface area contributed by atoms with E-state index in [1.54, 1.807) is 0 Å².